The van der Waals surface area contributed by atoms with Gasteiger partial charge in [0.15, 0.2) is 5.76 Å². The van der Waals surface area contributed by atoms with E-state index in [0.29, 0.717) is 5.56 Å². The molecule has 0 unspecified atom stereocenters. The molecule has 6 heteroatoms. The smallest absolute Gasteiger partial charge is 0.308 e. The molecule has 2 aromatic carbocycles. The number of fused-ring (bicyclic) bond motifs is 1. The first kappa shape index (κ1) is 15.2. The van der Waals surface area contributed by atoms with Crippen LogP contribution in [0, 0.1) is 0 Å². The van der Waals surface area contributed by atoms with Crippen molar-refractivity contribution >= 4 is 26.5 Å². The maximum atomic E-state index is 12.9. The van der Waals surface area contributed by atoms with Gasteiger partial charge in [0.25, 0.3) is 0 Å². The predicted octanol–water partition coefficient (Wildman–Crippen LogP) is 2.59. The first-order valence-corrected chi connectivity index (χ1v) is 8.28. The fourth-order valence-corrected chi connectivity index (χ4v) is 4.21. The van der Waals surface area contributed by atoms with Crippen LogP contribution in [-0.2, 0) is 19.4 Å². The van der Waals surface area contributed by atoms with Crippen molar-refractivity contribution in [3.05, 3.63) is 71.5 Å². The minimum atomic E-state index is -3.98. The van der Waals surface area contributed by atoms with Crippen molar-refractivity contribution in [1.82, 2.24) is 0 Å². The Kier molecular flexibility index (Phi) is 3.61. The number of carbonyl (C=O) groups excluding carboxylic acids is 2. The third-order valence-electron chi connectivity index (χ3n) is 3.38. The van der Waals surface area contributed by atoms with E-state index in [9.17, 15) is 18.0 Å². The van der Waals surface area contributed by atoms with Crippen LogP contribution in [0.5, 0.6) is 0 Å². The van der Waals surface area contributed by atoms with Crippen molar-refractivity contribution in [2.75, 3.05) is 0 Å². The van der Waals surface area contributed by atoms with Crippen LogP contribution in [0.1, 0.15) is 22.8 Å². The van der Waals surface area contributed by atoms with Crippen LogP contribution < -0.4 is 0 Å². The maximum absolute atomic E-state index is 12.9. The highest BCUT2D eigenvalue weighted by Crippen LogP contribution is 2.38. The van der Waals surface area contributed by atoms with Gasteiger partial charge in [-0.15, -0.1) is 0 Å². The van der Waals surface area contributed by atoms with Gasteiger partial charge in [-0.2, -0.15) is 0 Å². The van der Waals surface area contributed by atoms with Crippen LogP contribution in [0.4, 0.5) is 0 Å². The van der Waals surface area contributed by atoms with Gasteiger partial charge < -0.3 is 4.74 Å². The lowest BCUT2D eigenvalue weighted by Crippen LogP contribution is -2.23. The second kappa shape index (κ2) is 5.48. The third kappa shape index (κ3) is 2.47. The highest BCUT2D eigenvalue weighted by molar-refractivity contribution is 8.01. The van der Waals surface area contributed by atoms with E-state index in [-0.39, 0.29) is 15.4 Å². The van der Waals surface area contributed by atoms with Gasteiger partial charge >= 0.3 is 5.97 Å². The number of benzene rings is 2. The zero-order valence-corrected chi connectivity index (χ0v) is 13.0. The van der Waals surface area contributed by atoms with E-state index in [1.54, 1.807) is 42.5 Å². The molecule has 0 N–H and O–H groups in total. The van der Waals surface area contributed by atoms with E-state index in [4.69, 9.17) is 4.74 Å². The molecular weight excluding hydrogens is 316 g/mol. The van der Waals surface area contributed by atoms with E-state index < -0.39 is 27.3 Å². The highest BCUT2D eigenvalue weighted by atomic mass is 32.2. The molecule has 0 aliphatic carbocycles. The van der Waals surface area contributed by atoms with Crippen molar-refractivity contribution in [2.45, 2.75) is 11.8 Å². The van der Waals surface area contributed by atoms with Gasteiger partial charge in [0, 0.05) is 12.5 Å². The topological polar surface area (TPSA) is 77.5 Å². The number of allylic oxidation sites excluding steroid dienone is 1. The van der Waals surface area contributed by atoms with E-state index in [1.807, 2.05) is 0 Å². The fraction of sp³-hybridized carbons (Fsp3) is 0.0588. The highest BCUT2D eigenvalue weighted by Gasteiger charge is 2.39. The molecule has 0 saturated carbocycles. The fourth-order valence-electron chi connectivity index (χ4n) is 2.46. The number of hydrogen-bond acceptors (Lipinski definition) is 5. The lowest BCUT2D eigenvalue weighted by Gasteiger charge is -2.21. The van der Waals surface area contributed by atoms with Crippen molar-refractivity contribution in [3.8, 4) is 0 Å². The average molecular weight is 328 g/mol. The molecule has 0 radical (unpaired) electrons. The molecule has 0 aromatic heterocycles. The molecule has 1 aliphatic heterocycles. The molecule has 0 saturated heterocycles. The molecule has 0 atom stereocenters. The van der Waals surface area contributed by atoms with Gasteiger partial charge in [0.05, 0.1) is 4.90 Å². The normalized spacial score (nSPS) is 16.0. The van der Waals surface area contributed by atoms with Crippen LogP contribution in [0.2, 0.25) is 0 Å². The number of carbonyl (C=O) groups is 2. The second-order valence-electron chi connectivity index (χ2n) is 4.95. The first-order chi connectivity index (χ1) is 10.9. The summed E-state index contributed by atoms with van der Waals surface area (Å²) in [5.41, 5.74) is 0.301. The molecule has 0 bridgehead atoms. The Balaban J connectivity index is 2.38. The molecule has 1 heterocycles. The summed E-state index contributed by atoms with van der Waals surface area (Å²) in [4.78, 5) is 23.6. The largest absolute Gasteiger partial charge is 0.421 e. The zero-order chi connectivity index (χ0) is 16.6. The van der Waals surface area contributed by atoms with Gasteiger partial charge in [-0.3, -0.25) is 9.59 Å². The van der Waals surface area contributed by atoms with Gasteiger partial charge in [-0.1, -0.05) is 42.5 Å². The minimum Gasteiger partial charge on any atom is -0.421 e. The van der Waals surface area contributed by atoms with Crippen molar-refractivity contribution in [2.24, 2.45) is 0 Å². The van der Waals surface area contributed by atoms with Crippen LogP contribution in [0.3, 0.4) is 0 Å². The Morgan fingerprint density at radius 2 is 1.57 bits per heavy atom. The Morgan fingerprint density at radius 3 is 2.22 bits per heavy atom. The summed E-state index contributed by atoms with van der Waals surface area (Å²) in [7, 11) is -3.98. The molecule has 116 valence electrons. The number of sulfone groups is 1. The molecular formula is C17H12O5S. The predicted molar refractivity (Wildman–Crippen MR) is 83.1 cm³/mol. The SMILES string of the molecule is CC(=O)OC1=C(c2ccccc2)S(=O)(=O)c2ccccc2C1=O. The summed E-state index contributed by atoms with van der Waals surface area (Å²) < 4.78 is 30.9. The molecule has 5 nitrogen and oxygen atoms in total. The quantitative estimate of drug-likeness (QED) is 0.792. The monoisotopic (exact) mass is 328 g/mol. The van der Waals surface area contributed by atoms with Gasteiger partial charge in [-0.05, 0) is 17.7 Å². The summed E-state index contributed by atoms with van der Waals surface area (Å²) >= 11 is 0. The van der Waals surface area contributed by atoms with Crippen LogP contribution >= 0.6 is 0 Å². The van der Waals surface area contributed by atoms with E-state index in [0.717, 1.165) is 6.92 Å². The molecule has 2 aromatic rings. The maximum Gasteiger partial charge on any atom is 0.308 e. The number of rotatable bonds is 2. The standard InChI is InChI=1S/C17H12O5S/c1-11(18)22-16-15(19)13-9-5-6-10-14(13)23(20,21)17(16)12-7-3-2-4-8-12/h2-10H,1H3. The minimum absolute atomic E-state index is 0.00318. The molecule has 0 spiro atoms. The lowest BCUT2D eigenvalue weighted by atomic mass is 10.1. The Bertz CT molecular complexity index is 940. The summed E-state index contributed by atoms with van der Waals surface area (Å²) in [5, 5.41) is 0. The van der Waals surface area contributed by atoms with Gasteiger partial charge in [-0.25, -0.2) is 8.42 Å². The van der Waals surface area contributed by atoms with Crippen LogP contribution in [-0.4, -0.2) is 20.2 Å². The molecule has 0 amide bonds. The van der Waals surface area contributed by atoms with Gasteiger partial charge in [0.1, 0.15) is 4.91 Å². The Labute approximate surface area is 133 Å². The third-order valence-corrected chi connectivity index (χ3v) is 5.28. The number of ether oxygens (including phenoxy) is 1. The van der Waals surface area contributed by atoms with Crippen molar-refractivity contribution in [3.63, 3.8) is 0 Å². The number of Topliss-reactive ketones (excluding diaryl/α,β-unsaturated/α-hetero) is 1. The summed E-state index contributed by atoms with van der Waals surface area (Å²) in [5.74, 6) is -1.83. The molecule has 0 fully saturated rings. The lowest BCUT2D eigenvalue weighted by molar-refractivity contribution is -0.136. The number of esters is 1. The average Bonchev–Trinajstić information content (AvgIpc) is 2.53. The molecule has 3 rings (SSSR count). The van der Waals surface area contributed by atoms with Gasteiger partial charge in [0.2, 0.25) is 15.6 Å². The summed E-state index contributed by atoms with van der Waals surface area (Å²) in [6, 6.07) is 14.0. The number of ketones is 1. The van der Waals surface area contributed by atoms with Crippen LogP contribution in [0.25, 0.3) is 4.91 Å². The van der Waals surface area contributed by atoms with E-state index in [1.165, 1.54) is 12.1 Å². The number of hydrogen-bond donors (Lipinski definition) is 0. The van der Waals surface area contributed by atoms with E-state index in [2.05, 4.69) is 0 Å². The molecule has 23 heavy (non-hydrogen) atoms. The van der Waals surface area contributed by atoms with Crippen molar-refractivity contribution < 1.29 is 22.7 Å². The Hall–Kier alpha value is -2.73. The second-order valence-corrected chi connectivity index (χ2v) is 6.80. The van der Waals surface area contributed by atoms with E-state index >= 15 is 0 Å². The molecule has 1 aliphatic rings. The van der Waals surface area contributed by atoms with Crippen molar-refractivity contribution in [1.29, 1.82) is 0 Å². The first-order valence-electron chi connectivity index (χ1n) is 6.80. The summed E-state index contributed by atoms with van der Waals surface area (Å²) in [6.07, 6.45) is 0. The summed E-state index contributed by atoms with van der Waals surface area (Å²) in [6.45, 7) is 1.12. The Morgan fingerprint density at radius 1 is 0.957 bits per heavy atom. The van der Waals surface area contributed by atoms with Crippen LogP contribution in [0.15, 0.2) is 65.3 Å². The zero-order valence-electron chi connectivity index (χ0n) is 12.1.